The van der Waals surface area contributed by atoms with E-state index in [4.69, 9.17) is 15.6 Å². The zero-order valence-corrected chi connectivity index (χ0v) is 11.1. The number of nitrogen functional groups attached to an aromatic ring is 1. The van der Waals surface area contributed by atoms with Gasteiger partial charge < -0.3 is 25.7 Å². The molecule has 8 heteroatoms. The van der Waals surface area contributed by atoms with Gasteiger partial charge in [-0.2, -0.15) is 4.98 Å². The minimum absolute atomic E-state index is 0.121. The number of aromatic amines is 1. The quantitative estimate of drug-likeness (QED) is 0.602. The molecule has 1 aliphatic rings. The number of hydrogen-bond donors (Lipinski definition) is 4. The van der Waals surface area contributed by atoms with E-state index in [0.717, 1.165) is 5.69 Å². The Bertz CT molecular complexity index is 682. The van der Waals surface area contributed by atoms with Gasteiger partial charge in [0.15, 0.2) is 0 Å². The van der Waals surface area contributed by atoms with Crippen molar-refractivity contribution in [2.45, 2.75) is 24.9 Å². The van der Waals surface area contributed by atoms with Crippen LogP contribution in [-0.4, -0.2) is 43.6 Å². The van der Waals surface area contributed by atoms with Crippen molar-refractivity contribution in [2.24, 2.45) is 0 Å². The average Bonchev–Trinajstić information content (AvgIpc) is 3.08. The summed E-state index contributed by atoms with van der Waals surface area (Å²) in [6.07, 6.45) is 1.30. The fourth-order valence-corrected chi connectivity index (χ4v) is 2.44. The molecular formula is C13H16N4O4. The average molecular weight is 292 g/mol. The Labute approximate surface area is 119 Å². The van der Waals surface area contributed by atoms with Crippen LogP contribution in [-0.2, 0) is 4.74 Å². The molecule has 0 aliphatic carbocycles. The molecule has 5 N–H and O–H groups in total. The molecule has 0 amide bonds. The minimum Gasteiger partial charge on any atom is -0.394 e. The summed E-state index contributed by atoms with van der Waals surface area (Å²) in [4.78, 5) is 18.8. The molecular weight excluding hydrogens is 276 g/mol. The molecule has 2 aromatic heterocycles. The molecule has 1 fully saturated rings. The Kier molecular flexibility index (Phi) is 3.50. The maximum absolute atomic E-state index is 12.0. The van der Waals surface area contributed by atoms with Crippen LogP contribution in [0.25, 0.3) is 11.3 Å². The smallest absolute Gasteiger partial charge is 0.351 e. The third kappa shape index (κ3) is 2.44. The van der Waals surface area contributed by atoms with Gasteiger partial charge in [-0.25, -0.2) is 4.79 Å². The zero-order chi connectivity index (χ0) is 15.0. The van der Waals surface area contributed by atoms with Crippen molar-refractivity contribution in [1.82, 2.24) is 14.5 Å². The van der Waals surface area contributed by atoms with Crippen molar-refractivity contribution in [3.8, 4) is 11.3 Å². The van der Waals surface area contributed by atoms with E-state index in [1.807, 2.05) is 12.1 Å². The molecule has 0 saturated carbocycles. The second-order valence-electron chi connectivity index (χ2n) is 4.93. The Morgan fingerprint density at radius 3 is 3.00 bits per heavy atom. The third-order valence-corrected chi connectivity index (χ3v) is 3.56. The molecule has 0 aromatic carbocycles. The number of nitrogens with zero attached hydrogens (tertiary/aromatic N) is 2. The lowest BCUT2D eigenvalue weighted by molar-refractivity contribution is -0.0458. The van der Waals surface area contributed by atoms with Crippen LogP contribution in [0, 0.1) is 0 Å². The number of aliphatic hydroxyl groups is 2. The lowest BCUT2D eigenvalue weighted by Crippen LogP contribution is -2.28. The molecule has 1 aliphatic heterocycles. The Hall–Kier alpha value is -2.16. The summed E-state index contributed by atoms with van der Waals surface area (Å²) in [5.41, 5.74) is 6.53. The number of nitrogens with one attached hydrogen (secondary N) is 1. The monoisotopic (exact) mass is 292 g/mol. The van der Waals surface area contributed by atoms with E-state index >= 15 is 0 Å². The van der Waals surface area contributed by atoms with Gasteiger partial charge in [0, 0.05) is 18.8 Å². The molecule has 1 saturated heterocycles. The molecule has 2 aromatic rings. The highest BCUT2D eigenvalue weighted by molar-refractivity contribution is 5.69. The van der Waals surface area contributed by atoms with Crippen LogP contribution in [0.4, 0.5) is 5.82 Å². The van der Waals surface area contributed by atoms with E-state index in [1.54, 1.807) is 12.4 Å². The molecule has 0 radical (unpaired) electrons. The molecule has 0 spiro atoms. The van der Waals surface area contributed by atoms with Crippen molar-refractivity contribution in [3.05, 3.63) is 35.0 Å². The number of nitrogens with two attached hydrogens (primary N) is 1. The Balaban J connectivity index is 2.00. The van der Waals surface area contributed by atoms with Gasteiger partial charge in [0.25, 0.3) is 0 Å². The predicted octanol–water partition coefficient (Wildman–Crippen LogP) is -0.539. The highest BCUT2D eigenvalue weighted by Crippen LogP contribution is 2.29. The standard InChI is InChI=1S/C13H16N4O4/c14-12-7(8-2-1-3-15-8)5-17(13(20)16-12)11-4-9(19)10(6-18)21-11/h1-3,5,9-11,15,18-19H,4,6H2,(H2,14,16,20)/t9-,10+,11+/m0/s1. The number of aromatic nitrogens is 3. The number of hydrogen-bond acceptors (Lipinski definition) is 6. The van der Waals surface area contributed by atoms with Gasteiger partial charge in [-0.1, -0.05) is 0 Å². The van der Waals surface area contributed by atoms with E-state index in [-0.39, 0.29) is 18.8 Å². The van der Waals surface area contributed by atoms with E-state index in [2.05, 4.69) is 9.97 Å². The van der Waals surface area contributed by atoms with Crippen molar-refractivity contribution in [3.63, 3.8) is 0 Å². The number of ether oxygens (including phenoxy) is 1. The molecule has 0 unspecified atom stereocenters. The summed E-state index contributed by atoms with van der Waals surface area (Å²) in [6.45, 7) is -0.307. The first kappa shape index (κ1) is 13.8. The summed E-state index contributed by atoms with van der Waals surface area (Å²) in [6, 6.07) is 3.62. The van der Waals surface area contributed by atoms with Crippen LogP contribution in [0.15, 0.2) is 29.3 Å². The topological polar surface area (TPSA) is 126 Å². The van der Waals surface area contributed by atoms with Crippen LogP contribution >= 0.6 is 0 Å². The summed E-state index contributed by atoms with van der Waals surface area (Å²) >= 11 is 0. The molecule has 112 valence electrons. The number of anilines is 1. The summed E-state index contributed by atoms with van der Waals surface area (Å²) < 4.78 is 6.76. The predicted molar refractivity (Wildman–Crippen MR) is 74.3 cm³/mol. The van der Waals surface area contributed by atoms with Crippen molar-refractivity contribution < 1.29 is 14.9 Å². The first-order valence-electron chi connectivity index (χ1n) is 6.57. The largest absolute Gasteiger partial charge is 0.394 e. The van der Waals surface area contributed by atoms with Crippen molar-refractivity contribution in [2.75, 3.05) is 12.3 Å². The lowest BCUT2D eigenvalue weighted by atomic mass is 10.2. The third-order valence-electron chi connectivity index (χ3n) is 3.56. The lowest BCUT2D eigenvalue weighted by Gasteiger charge is -2.16. The van der Waals surface area contributed by atoms with Gasteiger partial charge in [-0.3, -0.25) is 4.57 Å². The minimum atomic E-state index is -0.821. The van der Waals surface area contributed by atoms with Crippen molar-refractivity contribution >= 4 is 5.82 Å². The van der Waals surface area contributed by atoms with Gasteiger partial charge in [0.1, 0.15) is 18.1 Å². The van der Waals surface area contributed by atoms with E-state index in [0.29, 0.717) is 5.56 Å². The highest BCUT2D eigenvalue weighted by Gasteiger charge is 2.35. The second-order valence-corrected chi connectivity index (χ2v) is 4.93. The zero-order valence-electron chi connectivity index (χ0n) is 11.1. The maximum atomic E-state index is 12.0. The molecule has 21 heavy (non-hydrogen) atoms. The summed E-state index contributed by atoms with van der Waals surface area (Å²) in [5.74, 6) is 0.121. The fraction of sp³-hybridized carbons (Fsp3) is 0.385. The van der Waals surface area contributed by atoms with Crippen LogP contribution in [0.3, 0.4) is 0 Å². The number of H-pyrrole nitrogens is 1. The van der Waals surface area contributed by atoms with Gasteiger partial charge >= 0.3 is 5.69 Å². The van der Waals surface area contributed by atoms with E-state index < -0.39 is 24.1 Å². The highest BCUT2D eigenvalue weighted by atomic mass is 16.5. The Morgan fingerprint density at radius 1 is 1.57 bits per heavy atom. The fourth-order valence-electron chi connectivity index (χ4n) is 2.44. The van der Waals surface area contributed by atoms with E-state index in [1.165, 1.54) is 4.57 Å². The van der Waals surface area contributed by atoms with Gasteiger partial charge in [-0.05, 0) is 12.1 Å². The first-order valence-corrected chi connectivity index (χ1v) is 6.57. The Morgan fingerprint density at radius 2 is 2.38 bits per heavy atom. The maximum Gasteiger partial charge on any atom is 0.351 e. The number of aliphatic hydroxyl groups excluding tert-OH is 2. The molecule has 3 atom stereocenters. The van der Waals surface area contributed by atoms with Crippen LogP contribution < -0.4 is 11.4 Å². The molecule has 0 bridgehead atoms. The van der Waals surface area contributed by atoms with Gasteiger partial charge in [-0.15, -0.1) is 0 Å². The SMILES string of the molecule is Nc1nc(=O)n([C@H]2C[C@H](O)[C@@H](CO)O2)cc1-c1ccc[nH]1. The van der Waals surface area contributed by atoms with Crippen molar-refractivity contribution in [1.29, 1.82) is 0 Å². The number of rotatable bonds is 3. The van der Waals surface area contributed by atoms with E-state index in [9.17, 15) is 9.90 Å². The summed E-state index contributed by atoms with van der Waals surface area (Å²) in [5, 5.41) is 18.9. The molecule has 8 nitrogen and oxygen atoms in total. The van der Waals surface area contributed by atoms with Crippen LogP contribution in [0.2, 0.25) is 0 Å². The molecule has 3 heterocycles. The van der Waals surface area contributed by atoms with Gasteiger partial charge in [0.2, 0.25) is 0 Å². The van der Waals surface area contributed by atoms with Gasteiger partial charge in [0.05, 0.1) is 24.0 Å². The van der Waals surface area contributed by atoms with Crippen LogP contribution in [0.5, 0.6) is 0 Å². The second kappa shape index (κ2) is 5.32. The summed E-state index contributed by atoms with van der Waals surface area (Å²) in [7, 11) is 0. The first-order chi connectivity index (χ1) is 10.1. The normalized spacial score (nSPS) is 25.3. The van der Waals surface area contributed by atoms with Crippen LogP contribution in [0.1, 0.15) is 12.6 Å². The molecule has 3 rings (SSSR count).